The van der Waals surface area contributed by atoms with Crippen LogP contribution in [0, 0.1) is 0 Å². The van der Waals surface area contributed by atoms with Crippen molar-refractivity contribution in [3.63, 3.8) is 0 Å². The van der Waals surface area contributed by atoms with Crippen LogP contribution in [0.25, 0.3) is 0 Å². The molecule has 0 aliphatic heterocycles. The van der Waals surface area contributed by atoms with E-state index in [0.717, 1.165) is 5.75 Å². The first-order valence-corrected chi connectivity index (χ1v) is 4.64. The molecule has 0 bridgehead atoms. The van der Waals surface area contributed by atoms with E-state index in [1.165, 1.54) is 0 Å². The van der Waals surface area contributed by atoms with E-state index in [0.29, 0.717) is 13.0 Å². The van der Waals surface area contributed by atoms with Crippen molar-refractivity contribution in [3.05, 3.63) is 30.3 Å². The van der Waals surface area contributed by atoms with Gasteiger partial charge in [0.15, 0.2) is 0 Å². The molecule has 0 amide bonds. The highest BCUT2D eigenvalue weighted by atomic mass is 16.5. The summed E-state index contributed by atoms with van der Waals surface area (Å²) in [6.45, 7) is 2.08. The Kier molecular flexibility index (Phi) is 8.09. The van der Waals surface area contributed by atoms with Crippen LogP contribution in [-0.4, -0.2) is 29.4 Å². The first kappa shape index (κ1) is 13.4. The molecule has 0 aromatic heterocycles. The lowest BCUT2D eigenvalue weighted by Gasteiger charge is -2.06. The van der Waals surface area contributed by atoms with Crippen LogP contribution >= 0.6 is 0 Å². The topological polar surface area (TPSA) is 66.8 Å². The van der Waals surface area contributed by atoms with Crippen molar-refractivity contribution >= 4 is 6.47 Å². The molecule has 1 aromatic carbocycles. The monoisotopic (exact) mass is 212 g/mol. The van der Waals surface area contributed by atoms with Gasteiger partial charge in [-0.05, 0) is 19.1 Å². The summed E-state index contributed by atoms with van der Waals surface area (Å²) in [4.78, 5) is 8.36. The van der Waals surface area contributed by atoms with Crippen molar-refractivity contribution in [1.82, 2.24) is 0 Å². The molecule has 0 fully saturated rings. The first-order valence-electron chi connectivity index (χ1n) is 4.64. The van der Waals surface area contributed by atoms with Crippen LogP contribution in [0.2, 0.25) is 0 Å². The van der Waals surface area contributed by atoms with Crippen LogP contribution in [0.3, 0.4) is 0 Å². The Bertz CT molecular complexity index is 246. The molecule has 0 aliphatic rings. The van der Waals surface area contributed by atoms with Crippen LogP contribution in [0.4, 0.5) is 0 Å². The zero-order valence-corrected chi connectivity index (χ0v) is 8.67. The van der Waals surface area contributed by atoms with Crippen molar-refractivity contribution in [2.24, 2.45) is 0 Å². The average molecular weight is 212 g/mol. The predicted molar refractivity (Wildman–Crippen MR) is 56.9 cm³/mol. The summed E-state index contributed by atoms with van der Waals surface area (Å²) in [6, 6.07) is 9.61. The summed E-state index contributed by atoms with van der Waals surface area (Å²) < 4.78 is 5.36. The highest BCUT2D eigenvalue weighted by Crippen LogP contribution is 2.08. The van der Waals surface area contributed by atoms with E-state index in [1.54, 1.807) is 6.92 Å². The number of carbonyl (C=O) groups is 1. The fourth-order valence-electron chi connectivity index (χ4n) is 0.864. The molecule has 1 rings (SSSR count). The molecule has 2 N–H and O–H groups in total. The van der Waals surface area contributed by atoms with Crippen molar-refractivity contribution in [2.75, 3.05) is 6.61 Å². The molecule has 0 spiro atoms. The van der Waals surface area contributed by atoms with Crippen molar-refractivity contribution in [3.8, 4) is 5.75 Å². The minimum atomic E-state index is -0.284. The molecule has 0 heterocycles. The number of benzene rings is 1. The van der Waals surface area contributed by atoms with Gasteiger partial charge in [-0.25, -0.2) is 0 Å². The number of carboxylic acid groups (broad SMARTS) is 1. The summed E-state index contributed by atoms with van der Waals surface area (Å²) >= 11 is 0. The van der Waals surface area contributed by atoms with Crippen LogP contribution < -0.4 is 4.74 Å². The molecule has 1 atom stereocenters. The fraction of sp³-hybridized carbons (Fsp3) is 0.364. The lowest BCUT2D eigenvalue weighted by molar-refractivity contribution is -0.122. The molecular formula is C11H16O4. The largest absolute Gasteiger partial charge is 0.493 e. The van der Waals surface area contributed by atoms with Gasteiger partial charge in [-0.15, -0.1) is 0 Å². The Morgan fingerprint density at radius 1 is 1.40 bits per heavy atom. The van der Waals surface area contributed by atoms with E-state index in [-0.39, 0.29) is 12.6 Å². The Hall–Kier alpha value is -1.55. The summed E-state index contributed by atoms with van der Waals surface area (Å²) in [5.74, 6) is 0.859. The third-order valence-corrected chi connectivity index (χ3v) is 1.55. The van der Waals surface area contributed by atoms with E-state index in [2.05, 4.69) is 0 Å². The third-order valence-electron chi connectivity index (χ3n) is 1.55. The van der Waals surface area contributed by atoms with Gasteiger partial charge in [-0.1, -0.05) is 18.2 Å². The van der Waals surface area contributed by atoms with Gasteiger partial charge in [-0.3, -0.25) is 4.79 Å². The minimum Gasteiger partial charge on any atom is -0.493 e. The molecule has 1 unspecified atom stereocenters. The number of aliphatic hydroxyl groups excluding tert-OH is 1. The smallest absolute Gasteiger partial charge is 0.290 e. The summed E-state index contributed by atoms with van der Waals surface area (Å²) in [5, 5.41) is 15.8. The molecule has 0 saturated heterocycles. The number of hydrogen-bond donors (Lipinski definition) is 2. The lowest BCUT2D eigenvalue weighted by atomic mass is 10.3. The molecule has 15 heavy (non-hydrogen) atoms. The highest BCUT2D eigenvalue weighted by molar-refractivity contribution is 5.32. The van der Waals surface area contributed by atoms with Crippen LogP contribution in [0.15, 0.2) is 30.3 Å². The number of para-hydroxylation sites is 1. The average Bonchev–Trinajstić information content (AvgIpc) is 2.20. The minimum absolute atomic E-state index is 0.250. The highest BCUT2D eigenvalue weighted by Gasteiger charge is 1.95. The maximum Gasteiger partial charge on any atom is 0.290 e. The van der Waals surface area contributed by atoms with Crippen LogP contribution in [0.1, 0.15) is 13.3 Å². The Balaban J connectivity index is 0.000000583. The van der Waals surface area contributed by atoms with Crippen molar-refractivity contribution in [1.29, 1.82) is 0 Å². The second-order valence-electron chi connectivity index (χ2n) is 2.90. The standard InChI is InChI=1S/C10H14O2.CH2O2/c1-9(11)7-8-12-10-5-3-2-4-6-10;2-1-3/h2-6,9,11H,7-8H2,1H3;1H,(H,2,3). The molecule has 0 aliphatic carbocycles. The fourth-order valence-corrected chi connectivity index (χ4v) is 0.864. The van der Waals surface area contributed by atoms with Crippen LogP contribution in [-0.2, 0) is 4.79 Å². The molecular weight excluding hydrogens is 196 g/mol. The maximum absolute atomic E-state index is 8.95. The first-order chi connectivity index (χ1) is 7.20. The normalized spacial score (nSPS) is 10.8. The Morgan fingerprint density at radius 2 is 1.93 bits per heavy atom. The van der Waals surface area contributed by atoms with Gasteiger partial charge in [0, 0.05) is 6.42 Å². The van der Waals surface area contributed by atoms with Crippen LogP contribution in [0.5, 0.6) is 5.75 Å². The lowest BCUT2D eigenvalue weighted by Crippen LogP contribution is -2.07. The molecule has 0 radical (unpaired) electrons. The third kappa shape index (κ3) is 8.77. The predicted octanol–water partition coefficient (Wildman–Crippen LogP) is 1.54. The summed E-state index contributed by atoms with van der Waals surface area (Å²) in [6.07, 6.45) is 0.392. The summed E-state index contributed by atoms with van der Waals surface area (Å²) in [7, 11) is 0. The quantitative estimate of drug-likeness (QED) is 0.743. The molecule has 1 aromatic rings. The van der Waals surface area contributed by atoms with Gasteiger partial charge in [-0.2, -0.15) is 0 Å². The summed E-state index contributed by atoms with van der Waals surface area (Å²) in [5.41, 5.74) is 0. The Labute approximate surface area is 89.1 Å². The van der Waals surface area contributed by atoms with E-state index in [1.807, 2.05) is 30.3 Å². The van der Waals surface area contributed by atoms with Gasteiger partial charge < -0.3 is 14.9 Å². The Morgan fingerprint density at radius 3 is 2.40 bits per heavy atom. The number of aliphatic hydroxyl groups is 1. The van der Waals surface area contributed by atoms with E-state index < -0.39 is 0 Å². The molecule has 4 nitrogen and oxygen atoms in total. The van der Waals surface area contributed by atoms with Crippen molar-refractivity contribution in [2.45, 2.75) is 19.4 Å². The van der Waals surface area contributed by atoms with E-state index in [4.69, 9.17) is 19.7 Å². The molecule has 84 valence electrons. The van der Waals surface area contributed by atoms with Gasteiger partial charge >= 0.3 is 0 Å². The number of rotatable bonds is 4. The number of ether oxygens (including phenoxy) is 1. The van der Waals surface area contributed by atoms with E-state index >= 15 is 0 Å². The van der Waals surface area contributed by atoms with Gasteiger partial charge in [0.05, 0.1) is 12.7 Å². The van der Waals surface area contributed by atoms with Gasteiger partial charge in [0.2, 0.25) is 0 Å². The molecule has 0 saturated carbocycles. The second-order valence-corrected chi connectivity index (χ2v) is 2.90. The number of hydrogen-bond acceptors (Lipinski definition) is 3. The maximum atomic E-state index is 8.95. The zero-order valence-electron chi connectivity index (χ0n) is 8.67. The second kappa shape index (κ2) is 9.02. The zero-order chi connectivity index (χ0) is 11.5. The molecule has 4 heteroatoms. The SMILES string of the molecule is CC(O)CCOc1ccccc1.O=CO. The van der Waals surface area contributed by atoms with Gasteiger partial charge in [0.1, 0.15) is 5.75 Å². The van der Waals surface area contributed by atoms with Crippen molar-refractivity contribution < 1.29 is 19.7 Å². The van der Waals surface area contributed by atoms with E-state index in [9.17, 15) is 0 Å². The van der Waals surface area contributed by atoms with Gasteiger partial charge in [0.25, 0.3) is 6.47 Å².